The normalized spacial score (nSPS) is 11.4. The van der Waals surface area contributed by atoms with Gasteiger partial charge in [0.15, 0.2) is 5.65 Å². The van der Waals surface area contributed by atoms with Gasteiger partial charge in [-0.15, -0.1) is 12.6 Å². The van der Waals surface area contributed by atoms with Crippen molar-refractivity contribution in [1.82, 2.24) is 24.4 Å². The third kappa shape index (κ3) is 3.33. The highest BCUT2D eigenvalue weighted by Crippen LogP contribution is 2.28. The number of hydrogen-bond acceptors (Lipinski definition) is 6. The molecule has 0 aliphatic heterocycles. The number of hydrogen-bond donors (Lipinski definition) is 2. The van der Waals surface area contributed by atoms with Crippen LogP contribution < -0.4 is 10.1 Å². The molecular weight excluding hydrogens is 364 g/mol. The van der Waals surface area contributed by atoms with Crippen molar-refractivity contribution >= 4 is 40.8 Å². The summed E-state index contributed by atoms with van der Waals surface area (Å²) in [6, 6.07) is 3.56. The first-order valence-electron chi connectivity index (χ1n) is 8.38. The number of nitrogens with zero attached hydrogens (tertiary/aromatic N) is 5. The average molecular weight is 382 g/mol. The van der Waals surface area contributed by atoms with Gasteiger partial charge in [0.1, 0.15) is 11.4 Å². The van der Waals surface area contributed by atoms with Gasteiger partial charge in [-0.3, -0.25) is 9.48 Å². The van der Waals surface area contributed by atoms with E-state index in [2.05, 4.69) is 33.1 Å². The van der Waals surface area contributed by atoms with Gasteiger partial charge in [-0.05, 0) is 19.9 Å². The van der Waals surface area contributed by atoms with E-state index in [0.29, 0.717) is 27.5 Å². The van der Waals surface area contributed by atoms with Crippen LogP contribution in [-0.4, -0.2) is 36.4 Å². The number of amides is 1. The number of aryl methyl sites for hydroxylation is 1. The van der Waals surface area contributed by atoms with Crippen LogP contribution in [0.1, 0.15) is 24.2 Å². The Balaban J connectivity index is 1.74. The number of anilines is 1. The molecule has 1 amide bonds. The predicted octanol–water partition coefficient (Wildman–Crippen LogP) is 2.94. The van der Waals surface area contributed by atoms with E-state index in [1.807, 2.05) is 27.1 Å². The van der Waals surface area contributed by atoms with Gasteiger partial charge in [0.25, 0.3) is 5.91 Å². The first kappa shape index (κ1) is 17.3. The molecule has 0 aliphatic rings. The Kier molecular flexibility index (Phi) is 4.23. The fraction of sp³-hybridized carbons (Fsp3) is 0.222. The minimum atomic E-state index is -0.303. The van der Waals surface area contributed by atoms with Crippen molar-refractivity contribution in [2.45, 2.75) is 24.8 Å². The zero-order valence-electron chi connectivity index (χ0n) is 15.0. The Morgan fingerprint density at radius 1 is 1.26 bits per heavy atom. The van der Waals surface area contributed by atoms with Crippen molar-refractivity contribution in [3.8, 4) is 5.75 Å². The van der Waals surface area contributed by atoms with E-state index >= 15 is 0 Å². The number of ether oxygens (including phenoxy) is 1. The highest BCUT2D eigenvalue weighted by Gasteiger charge is 2.18. The molecule has 0 unspecified atom stereocenters. The summed E-state index contributed by atoms with van der Waals surface area (Å²) in [6.07, 6.45) is 6.65. The standard InChI is InChI=1S/C18H18N6O2S/c1-10(2)26-16-5-14-11(8-23(3)22-14)4-13(16)18(25)21-15-7-20-24-9-12(27)6-19-17(15)24/h4-10,27H,1-3H3,(H,21,25). The Hall–Kier alpha value is -3.07. The van der Waals surface area contributed by atoms with Crippen molar-refractivity contribution in [2.24, 2.45) is 7.05 Å². The lowest BCUT2D eigenvalue weighted by Gasteiger charge is -2.14. The van der Waals surface area contributed by atoms with Crippen LogP contribution in [0.5, 0.6) is 5.75 Å². The molecule has 0 radical (unpaired) electrons. The molecule has 3 aromatic heterocycles. The molecule has 8 nitrogen and oxygen atoms in total. The van der Waals surface area contributed by atoms with Crippen molar-refractivity contribution in [3.05, 3.63) is 42.5 Å². The van der Waals surface area contributed by atoms with Gasteiger partial charge in [0, 0.05) is 42.0 Å². The first-order chi connectivity index (χ1) is 12.9. The maximum atomic E-state index is 13.0. The topological polar surface area (TPSA) is 86.3 Å². The molecule has 3 heterocycles. The average Bonchev–Trinajstić information content (AvgIpc) is 3.15. The summed E-state index contributed by atoms with van der Waals surface area (Å²) < 4.78 is 9.12. The molecular formula is C18H18N6O2S. The van der Waals surface area contributed by atoms with Crippen LogP contribution in [0, 0.1) is 0 Å². The second kappa shape index (κ2) is 6.58. The van der Waals surface area contributed by atoms with E-state index < -0.39 is 0 Å². The number of nitrogens with one attached hydrogen (secondary N) is 1. The van der Waals surface area contributed by atoms with E-state index in [9.17, 15) is 4.79 Å². The fourth-order valence-electron chi connectivity index (χ4n) is 2.85. The van der Waals surface area contributed by atoms with Gasteiger partial charge in [-0.1, -0.05) is 0 Å². The molecule has 0 saturated heterocycles. The summed E-state index contributed by atoms with van der Waals surface area (Å²) in [7, 11) is 1.84. The number of carbonyl (C=O) groups excluding carboxylic acids is 1. The summed E-state index contributed by atoms with van der Waals surface area (Å²) in [5.74, 6) is 0.179. The van der Waals surface area contributed by atoms with Gasteiger partial charge in [-0.25, -0.2) is 9.50 Å². The van der Waals surface area contributed by atoms with Crippen molar-refractivity contribution in [2.75, 3.05) is 5.32 Å². The largest absolute Gasteiger partial charge is 0.490 e. The summed E-state index contributed by atoms with van der Waals surface area (Å²) in [6.45, 7) is 3.82. The van der Waals surface area contributed by atoms with Crippen molar-refractivity contribution in [1.29, 1.82) is 0 Å². The SMILES string of the molecule is CC(C)Oc1cc2nn(C)cc2cc1C(=O)Nc1cnn2cc(S)cnc12. The quantitative estimate of drug-likeness (QED) is 0.530. The second-order valence-electron chi connectivity index (χ2n) is 6.47. The van der Waals surface area contributed by atoms with E-state index in [-0.39, 0.29) is 12.0 Å². The van der Waals surface area contributed by atoms with Gasteiger partial charge in [0.05, 0.1) is 23.4 Å². The monoisotopic (exact) mass is 382 g/mol. The lowest BCUT2D eigenvalue weighted by molar-refractivity contribution is 0.102. The molecule has 0 spiro atoms. The van der Waals surface area contributed by atoms with Crippen LogP contribution >= 0.6 is 12.6 Å². The lowest BCUT2D eigenvalue weighted by atomic mass is 10.1. The molecule has 0 aliphatic carbocycles. The zero-order chi connectivity index (χ0) is 19.1. The molecule has 4 aromatic rings. The smallest absolute Gasteiger partial charge is 0.259 e. The molecule has 0 atom stereocenters. The van der Waals surface area contributed by atoms with Gasteiger partial charge in [-0.2, -0.15) is 10.2 Å². The Bertz CT molecular complexity index is 1160. The van der Waals surface area contributed by atoms with E-state index in [4.69, 9.17) is 4.74 Å². The summed E-state index contributed by atoms with van der Waals surface area (Å²) >= 11 is 4.24. The predicted molar refractivity (Wildman–Crippen MR) is 105 cm³/mol. The number of thiol groups is 1. The van der Waals surface area contributed by atoms with E-state index in [1.165, 1.54) is 0 Å². The number of rotatable bonds is 4. The van der Waals surface area contributed by atoms with Crippen LogP contribution in [0.25, 0.3) is 16.6 Å². The minimum Gasteiger partial charge on any atom is -0.490 e. The van der Waals surface area contributed by atoms with Crippen LogP contribution in [0.2, 0.25) is 0 Å². The maximum absolute atomic E-state index is 13.0. The number of fused-ring (bicyclic) bond motifs is 2. The lowest BCUT2D eigenvalue weighted by Crippen LogP contribution is -2.16. The van der Waals surface area contributed by atoms with E-state index in [1.54, 1.807) is 39.9 Å². The highest BCUT2D eigenvalue weighted by molar-refractivity contribution is 7.80. The summed E-state index contributed by atoms with van der Waals surface area (Å²) in [5, 5.41) is 12.3. The molecule has 9 heteroatoms. The Labute approximate surface area is 160 Å². The number of benzene rings is 1. The maximum Gasteiger partial charge on any atom is 0.259 e. The first-order valence-corrected chi connectivity index (χ1v) is 8.83. The molecule has 0 fully saturated rings. The van der Waals surface area contributed by atoms with Crippen LogP contribution in [-0.2, 0) is 7.05 Å². The van der Waals surface area contributed by atoms with Gasteiger partial charge in [0.2, 0.25) is 0 Å². The van der Waals surface area contributed by atoms with Crippen LogP contribution in [0.15, 0.2) is 41.8 Å². The van der Waals surface area contributed by atoms with Crippen molar-refractivity contribution < 1.29 is 9.53 Å². The van der Waals surface area contributed by atoms with Gasteiger partial charge < -0.3 is 10.1 Å². The van der Waals surface area contributed by atoms with Crippen LogP contribution in [0.3, 0.4) is 0 Å². The minimum absolute atomic E-state index is 0.0786. The molecule has 0 saturated carbocycles. The second-order valence-corrected chi connectivity index (χ2v) is 6.99. The number of carbonyl (C=O) groups is 1. The summed E-state index contributed by atoms with van der Waals surface area (Å²) in [4.78, 5) is 17.9. The molecule has 0 bridgehead atoms. The molecule has 27 heavy (non-hydrogen) atoms. The van der Waals surface area contributed by atoms with Crippen molar-refractivity contribution in [3.63, 3.8) is 0 Å². The third-order valence-electron chi connectivity index (χ3n) is 3.92. The molecule has 138 valence electrons. The van der Waals surface area contributed by atoms with Crippen LogP contribution in [0.4, 0.5) is 5.69 Å². The van der Waals surface area contributed by atoms with E-state index in [0.717, 1.165) is 10.9 Å². The Morgan fingerprint density at radius 3 is 2.85 bits per heavy atom. The molecule has 1 N–H and O–H groups in total. The summed E-state index contributed by atoms with van der Waals surface area (Å²) in [5.41, 5.74) is 2.24. The third-order valence-corrected chi connectivity index (χ3v) is 4.15. The Morgan fingerprint density at radius 2 is 2.07 bits per heavy atom. The highest BCUT2D eigenvalue weighted by atomic mass is 32.1. The molecule has 4 rings (SSSR count). The fourth-order valence-corrected chi connectivity index (χ4v) is 3.01. The molecule has 1 aromatic carbocycles. The van der Waals surface area contributed by atoms with Gasteiger partial charge >= 0.3 is 0 Å². The number of aromatic nitrogens is 5. The zero-order valence-corrected chi connectivity index (χ0v) is 15.9.